The van der Waals surface area contributed by atoms with Crippen LogP contribution in [0.25, 0.3) is 0 Å². The number of nitrogens with one attached hydrogen (secondary N) is 2. The molecule has 4 nitrogen and oxygen atoms in total. The van der Waals surface area contributed by atoms with E-state index in [0.717, 1.165) is 19.0 Å². The van der Waals surface area contributed by atoms with E-state index in [9.17, 15) is 0 Å². The molecule has 1 heterocycles. The van der Waals surface area contributed by atoms with Crippen LogP contribution in [-0.4, -0.2) is 50.1 Å². The second kappa shape index (κ2) is 10.0. The molecule has 0 aromatic rings. The van der Waals surface area contributed by atoms with Crippen LogP contribution in [-0.2, 0) is 0 Å². The highest BCUT2D eigenvalue weighted by Gasteiger charge is 2.24. The van der Waals surface area contributed by atoms with Gasteiger partial charge < -0.3 is 10.6 Å². The van der Waals surface area contributed by atoms with E-state index >= 15 is 0 Å². The quantitative estimate of drug-likeness (QED) is 0.408. The van der Waals surface area contributed by atoms with Crippen molar-refractivity contribution in [1.82, 2.24) is 15.5 Å². The first-order valence-electron chi connectivity index (χ1n) is 8.37. The lowest BCUT2D eigenvalue weighted by Crippen LogP contribution is -2.48. The van der Waals surface area contributed by atoms with Crippen molar-refractivity contribution in [3.05, 3.63) is 0 Å². The van der Waals surface area contributed by atoms with Crippen LogP contribution in [0.1, 0.15) is 52.9 Å². The molecule has 20 heavy (non-hydrogen) atoms. The van der Waals surface area contributed by atoms with E-state index in [0.29, 0.717) is 12.0 Å². The number of nitrogens with zero attached hydrogens (tertiary/aromatic N) is 2. The third-order valence-corrected chi connectivity index (χ3v) is 4.15. The SMILES string of the molecule is CCCCCNC(=NC)NCC(C(C)C)N1CCCC1. The van der Waals surface area contributed by atoms with Crippen molar-refractivity contribution < 1.29 is 0 Å². The summed E-state index contributed by atoms with van der Waals surface area (Å²) in [7, 11) is 1.86. The Kier molecular flexibility index (Phi) is 8.67. The lowest BCUT2D eigenvalue weighted by atomic mass is 10.0. The van der Waals surface area contributed by atoms with E-state index in [1.807, 2.05) is 7.05 Å². The monoisotopic (exact) mass is 282 g/mol. The first kappa shape index (κ1) is 17.3. The molecule has 0 bridgehead atoms. The number of hydrogen-bond acceptors (Lipinski definition) is 2. The van der Waals surface area contributed by atoms with E-state index < -0.39 is 0 Å². The van der Waals surface area contributed by atoms with Crippen LogP contribution in [0.3, 0.4) is 0 Å². The standard InChI is InChI=1S/C16H34N4/c1-5-6-7-10-18-16(17-4)19-13-15(14(2)3)20-11-8-9-12-20/h14-15H,5-13H2,1-4H3,(H2,17,18,19). The highest BCUT2D eigenvalue weighted by Crippen LogP contribution is 2.16. The minimum Gasteiger partial charge on any atom is -0.356 e. The van der Waals surface area contributed by atoms with Gasteiger partial charge in [-0.2, -0.15) is 0 Å². The van der Waals surface area contributed by atoms with Crippen LogP contribution >= 0.6 is 0 Å². The van der Waals surface area contributed by atoms with Gasteiger partial charge in [-0.25, -0.2) is 0 Å². The maximum atomic E-state index is 4.32. The smallest absolute Gasteiger partial charge is 0.191 e. The Hall–Kier alpha value is -0.770. The van der Waals surface area contributed by atoms with E-state index in [1.54, 1.807) is 0 Å². The predicted molar refractivity (Wildman–Crippen MR) is 88.3 cm³/mol. The van der Waals surface area contributed by atoms with E-state index in [4.69, 9.17) is 0 Å². The summed E-state index contributed by atoms with van der Waals surface area (Å²) in [5.74, 6) is 1.63. The third kappa shape index (κ3) is 6.12. The molecule has 1 atom stereocenters. The van der Waals surface area contributed by atoms with Crippen LogP contribution in [0.2, 0.25) is 0 Å². The maximum absolute atomic E-state index is 4.32. The minimum absolute atomic E-state index is 0.617. The average molecular weight is 282 g/mol. The highest BCUT2D eigenvalue weighted by molar-refractivity contribution is 5.79. The zero-order chi connectivity index (χ0) is 14.8. The first-order valence-corrected chi connectivity index (χ1v) is 8.37. The van der Waals surface area contributed by atoms with Crippen molar-refractivity contribution in [2.24, 2.45) is 10.9 Å². The Bertz CT molecular complexity index is 270. The molecule has 0 aromatic carbocycles. The molecule has 1 unspecified atom stereocenters. The molecule has 0 saturated carbocycles. The van der Waals surface area contributed by atoms with Crippen molar-refractivity contribution in [1.29, 1.82) is 0 Å². The normalized spacial score (nSPS) is 18.6. The average Bonchev–Trinajstić information content (AvgIpc) is 2.95. The fraction of sp³-hybridized carbons (Fsp3) is 0.938. The predicted octanol–water partition coefficient (Wildman–Crippen LogP) is 2.46. The zero-order valence-corrected chi connectivity index (χ0v) is 13.9. The zero-order valence-electron chi connectivity index (χ0n) is 13.9. The Labute approximate surface area is 125 Å². The second-order valence-corrected chi connectivity index (χ2v) is 6.14. The van der Waals surface area contributed by atoms with Gasteiger partial charge >= 0.3 is 0 Å². The Balaban J connectivity index is 2.32. The summed E-state index contributed by atoms with van der Waals surface area (Å²) in [5, 5.41) is 6.91. The first-order chi connectivity index (χ1) is 9.69. The van der Waals surface area contributed by atoms with Crippen LogP contribution in [0.5, 0.6) is 0 Å². The van der Waals surface area contributed by atoms with Crippen LogP contribution in [0, 0.1) is 5.92 Å². The van der Waals surface area contributed by atoms with Gasteiger partial charge in [-0.3, -0.25) is 9.89 Å². The van der Waals surface area contributed by atoms with Gasteiger partial charge in [0.1, 0.15) is 0 Å². The summed E-state index contributed by atoms with van der Waals surface area (Å²) in [5.41, 5.74) is 0. The summed E-state index contributed by atoms with van der Waals surface area (Å²) < 4.78 is 0. The second-order valence-electron chi connectivity index (χ2n) is 6.14. The van der Waals surface area contributed by atoms with Gasteiger partial charge in [0.2, 0.25) is 0 Å². The fourth-order valence-electron chi connectivity index (χ4n) is 2.86. The third-order valence-electron chi connectivity index (χ3n) is 4.15. The van der Waals surface area contributed by atoms with E-state index in [2.05, 4.69) is 41.3 Å². The van der Waals surface area contributed by atoms with Gasteiger partial charge in [-0.05, 0) is 38.3 Å². The molecule has 1 aliphatic rings. The number of likely N-dealkylation sites (tertiary alicyclic amines) is 1. The van der Waals surface area contributed by atoms with Gasteiger partial charge in [-0.15, -0.1) is 0 Å². The number of aliphatic imine (C=N–C) groups is 1. The summed E-state index contributed by atoms with van der Waals surface area (Å²) in [6.45, 7) is 11.4. The topological polar surface area (TPSA) is 39.7 Å². The van der Waals surface area contributed by atoms with Crippen molar-refractivity contribution in [2.45, 2.75) is 58.9 Å². The molecule has 1 saturated heterocycles. The molecule has 0 radical (unpaired) electrons. The van der Waals surface area contributed by atoms with E-state index in [-0.39, 0.29) is 0 Å². The molecule has 1 fully saturated rings. The number of unbranched alkanes of at least 4 members (excludes halogenated alkanes) is 2. The molecule has 118 valence electrons. The van der Waals surface area contributed by atoms with Gasteiger partial charge in [0, 0.05) is 26.2 Å². The largest absolute Gasteiger partial charge is 0.356 e. The molecular formula is C16H34N4. The summed E-state index contributed by atoms with van der Waals surface area (Å²) >= 11 is 0. The summed E-state index contributed by atoms with van der Waals surface area (Å²) in [6.07, 6.45) is 6.47. The molecule has 0 spiro atoms. The Morgan fingerprint density at radius 2 is 1.85 bits per heavy atom. The Morgan fingerprint density at radius 1 is 1.15 bits per heavy atom. The number of guanidine groups is 1. The number of hydrogen-bond donors (Lipinski definition) is 2. The molecule has 0 amide bonds. The molecule has 0 aliphatic carbocycles. The lowest BCUT2D eigenvalue weighted by Gasteiger charge is -2.31. The molecule has 0 aromatic heterocycles. The lowest BCUT2D eigenvalue weighted by molar-refractivity contribution is 0.192. The van der Waals surface area contributed by atoms with Gasteiger partial charge in [0.15, 0.2) is 5.96 Å². The number of rotatable bonds is 8. The summed E-state index contributed by atoms with van der Waals surface area (Å²) in [6, 6.07) is 0.617. The Morgan fingerprint density at radius 3 is 2.40 bits per heavy atom. The van der Waals surface area contributed by atoms with Crippen LogP contribution < -0.4 is 10.6 Å². The van der Waals surface area contributed by atoms with Gasteiger partial charge in [0.25, 0.3) is 0 Å². The minimum atomic E-state index is 0.617. The van der Waals surface area contributed by atoms with Crippen molar-refractivity contribution in [3.8, 4) is 0 Å². The van der Waals surface area contributed by atoms with Crippen LogP contribution in [0.4, 0.5) is 0 Å². The van der Waals surface area contributed by atoms with Gasteiger partial charge in [0.05, 0.1) is 0 Å². The van der Waals surface area contributed by atoms with Crippen molar-refractivity contribution >= 4 is 5.96 Å². The van der Waals surface area contributed by atoms with Crippen molar-refractivity contribution in [3.63, 3.8) is 0 Å². The molecule has 1 aliphatic heterocycles. The summed E-state index contributed by atoms with van der Waals surface area (Å²) in [4.78, 5) is 6.95. The fourth-order valence-corrected chi connectivity index (χ4v) is 2.86. The molecule has 2 N–H and O–H groups in total. The van der Waals surface area contributed by atoms with Gasteiger partial charge in [-0.1, -0.05) is 33.6 Å². The molecule has 1 rings (SSSR count). The maximum Gasteiger partial charge on any atom is 0.191 e. The molecular weight excluding hydrogens is 248 g/mol. The van der Waals surface area contributed by atoms with Crippen LogP contribution in [0.15, 0.2) is 4.99 Å². The molecule has 4 heteroatoms. The highest BCUT2D eigenvalue weighted by atomic mass is 15.2. The van der Waals surface area contributed by atoms with E-state index in [1.165, 1.54) is 45.2 Å². The van der Waals surface area contributed by atoms with Crippen molar-refractivity contribution in [2.75, 3.05) is 33.2 Å².